The topological polar surface area (TPSA) is 72.9 Å². The number of nitrogens with zero attached hydrogens (tertiary/aromatic N) is 2. The molecule has 1 heterocycles. The van der Waals surface area contributed by atoms with Crippen molar-refractivity contribution in [1.82, 2.24) is 15.1 Å². The molecule has 1 unspecified atom stereocenters. The zero-order valence-electron chi connectivity index (χ0n) is 12.2. The first-order valence-electron chi connectivity index (χ1n) is 6.87. The zero-order chi connectivity index (χ0) is 14.3. The Morgan fingerprint density at radius 2 is 2.21 bits per heavy atom. The third-order valence-electron chi connectivity index (χ3n) is 2.94. The molecule has 0 spiro atoms. The summed E-state index contributed by atoms with van der Waals surface area (Å²) in [6.07, 6.45) is 5.37. The minimum absolute atomic E-state index is 0.0675. The average molecular weight is 266 g/mol. The Labute approximate surface area is 115 Å². The Hall–Kier alpha value is -1.36. The van der Waals surface area contributed by atoms with Gasteiger partial charge in [-0.3, -0.25) is 9.48 Å². The molecule has 0 saturated heterocycles. The van der Waals surface area contributed by atoms with E-state index in [0.29, 0.717) is 13.1 Å². The summed E-state index contributed by atoms with van der Waals surface area (Å²) < 4.78 is 1.86. The van der Waals surface area contributed by atoms with Crippen LogP contribution in [0.2, 0.25) is 0 Å². The van der Waals surface area contributed by atoms with Gasteiger partial charge in [0.15, 0.2) is 0 Å². The summed E-state index contributed by atoms with van der Waals surface area (Å²) in [6.45, 7) is 8.27. The molecule has 5 heteroatoms. The highest BCUT2D eigenvalue weighted by Gasteiger charge is 2.23. The molecule has 19 heavy (non-hydrogen) atoms. The highest BCUT2D eigenvalue weighted by Crippen LogP contribution is 2.23. The number of hydrogen-bond acceptors (Lipinski definition) is 3. The molecule has 0 aliphatic carbocycles. The molecule has 5 nitrogen and oxygen atoms in total. The van der Waals surface area contributed by atoms with Gasteiger partial charge in [-0.15, -0.1) is 0 Å². The first-order valence-corrected chi connectivity index (χ1v) is 6.87. The van der Waals surface area contributed by atoms with Crippen LogP contribution in [0.25, 0.3) is 0 Å². The van der Waals surface area contributed by atoms with E-state index in [-0.39, 0.29) is 17.2 Å². The largest absolute Gasteiger partial charge is 0.356 e. The fourth-order valence-electron chi connectivity index (χ4n) is 2.05. The minimum atomic E-state index is -0.0929. The van der Waals surface area contributed by atoms with E-state index in [9.17, 15) is 4.79 Å². The van der Waals surface area contributed by atoms with E-state index in [1.807, 2.05) is 16.9 Å². The summed E-state index contributed by atoms with van der Waals surface area (Å²) in [6, 6.07) is 1.90. The lowest BCUT2D eigenvalue weighted by Gasteiger charge is -2.24. The normalized spacial score (nSPS) is 13.3. The third kappa shape index (κ3) is 6.38. The SMILES string of the molecule is CC(C)(C)CC(CN)C(=O)NCCCn1cccn1. The number of carbonyl (C=O) groups is 1. The molecule has 1 aromatic heterocycles. The Bertz CT molecular complexity index is 367. The number of carbonyl (C=O) groups excluding carboxylic acids is 1. The molecule has 0 saturated carbocycles. The second-order valence-corrected chi connectivity index (χ2v) is 6.11. The van der Waals surface area contributed by atoms with Crippen LogP contribution in [0.1, 0.15) is 33.6 Å². The van der Waals surface area contributed by atoms with Crippen LogP contribution in [-0.2, 0) is 11.3 Å². The maximum atomic E-state index is 12.0. The van der Waals surface area contributed by atoms with Gasteiger partial charge in [-0.1, -0.05) is 20.8 Å². The number of aryl methyl sites for hydroxylation is 1. The standard InChI is InChI=1S/C14H26N4O/c1-14(2,3)10-12(11-15)13(19)16-6-4-8-18-9-5-7-17-18/h5,7,9,12H,4,6,8,10-11,15H2,1-3H3,(H,16,19). The van der Waals surface area contributed by atoms with Crippen molar-refractivity contribution < 1.29 is 4.79 Å². The minimum Gasteiger partial charge on any atom is -0.356 e. The predicted molar refractivity (Wildman–Crippen MR) is 76.5 cm³/mol. The number of aromatic nitrogens is 2. The lowest BCUT2D eigenvalue weighted by Crippen LogP contribution is -2.37. The van der Waals surface area contributed by atoms with Crippen molar-refractivity contribution in [1.29, 1.82) is 0 Å². The van der Waals surface area contributed by atoms with Crippen molar-refractivity contribution in [2.75, 3.05) is 13.1 Å². The number of rotatable bonds is 7. The summed E-state index contributed by atoms with van der Waals surface area (Å²) in [5.74, 6) is -0.0254. The molecule has 0 aliphatic heterocycles. The van der Waals surface area contributed by atoms with Gasteiger partial charge in [-0.25, -0.2) is 0 Å². The van der Waals surface area contributed by atoms with Crippen LogP contribution in [0.4, 0.5) is 0 Å². The van der Waals surface area contributed by atoms with Crippen molar-refractivity contribution in [3.8, 4) is 0 Å². The number of amides is 1. The van der Waals surface area contributed by atoms with E-state index < -0.39 is 0 Å². The fraction of sp³-hybridized carbons (Fsp3) is 0.714. The molecule has 1 rings (SSSR count). The van der Waals surface area contributed by atoms with Gasteiger partial charge >= 0.3 is 0 Å². The van der Waals surface area contributed by atoms with Crippen LogP contribution >= 0.6 is 0 Å². The van der Waals surface area contributed by atoms with E-state index in [0.717, 1.165) is 19.4 Å². The van der Waals surface area contributed by atoms with E-state index in [4.69, 9.17) is 5.73 Å². The van der Waals surface area contributed by atoms with Gasteiger partial charge in [0, 0.05) is 32.0 Å². The Morgan fingerprint density at radius 3 is 2.74 bits per heavy atom. The van der Waals surface area contributed by atoms with Crippen molar-refractivity contribution in [3.05, 3.63) is 18.5 Å². The van der Waals surface area contributed by atoms with Crippen molar-refractivity contribution in [2.45, 2.75) is 40.2 Å². The summed E-state index contributed by atoms with van der Waals surface area (Å²) >= 11 is 0. The monoisotopic (exact) mass is 266 g/mol. The van der Waals surface area contributed by atoms with Gasteiger partial charge in [0.25, 0.3) is 0 Å². The van der Waals surface area contributed by atoms with Gasteiger partial charge in [0.2, 0.25) is 5.91 Å². The van der Waals surface area contributed by atoms with Crippen molar-refractivity contribution in [2.24, 2.45) is 17.1 Å². The van der Waals surface area contributed by atoms with Gasteiger partial charge in [-0.05, 0) is 24.3 Å². The number of nitrogens with two attached hydrogens (primary N) is 1. The third-order valence-corrected chi connectivity index (χ3v) is 2.94. The maximum Gasteiger partial charge on any atom is 0.224 e. The van der Waals surface area contributed by atoms with Crippen LogP contribution in [0, 0.1) is 11.3 Å². The molecule has 0 bridgehead atoms. The van der Waals surface area contributed by atoms with Crippen LogP contribution in [0.15, 0.2) is 18.5 Å². The van der Waals surface area contributed by atoms with Gasteiger partial charge in [0.1, 0.15) is 0 Å². The highest BCUT2D eigenvalue weighted by atomic mass is 16.1. The molecule has 1 amide bonds. The second-order valence-electron chi connectivity index (χ2n) is 6.11. The van der Waals surface area contributed by atoms with Crippen LogP contribution < -0.4 is 11.1 Å². The molecule has 1 aromatic rings. The Morgan fingerprint density at radius 1 is 1.47 bits per heavy atom. The first-order chi connectivity index (χ1) is 8.92. The lowest BCUT2D eigenvalue weighted by atomic mass is 9.84. The second kappa shape index (κ2) is 7.28. The molecule has 0 aliphatic rings. The Kier molecular flexibility index (Phi) is 6.02. The Balaban J connectivity index is 2.25. The summed E-state index contributed by atoms with van der Waals surface area (Å²) in [4.78, 5) is 12.0. The molecular formula is C14H26N4O. The molecule has 0 radical (unpaired) electrons. The summed E-state index contributed by atoms with van der Waals surface area (Å²) in [7, 11) is 0. The van der Waals surface area contributed by atoms with Gasteiger partial charge in [-0.2, -0.15) is 5.10 Å². The van der Waals surface area contributed by atoms with E-state index in [1.165, 1.54) is 0 Å². The molecule has 0 fully saturated rings. The van der Waals surface area contributed by atoms with Crippen molar-refractivity contribution >= 4 is 5.91 Å². The predicted octanol–water partition coefficient (Wildman–Crippen LogP) is 1.40. The average Bonchev–Trinajstić information content (AvgIpc) is 2.83. The fourth-order valence-corrected chi connectivity index (χ4v) is 2.05. The van der Waals surface area contributed by atoms with Gasteiger partial charge in [0.05, 0.1) is 5.92 Å². The van der Waals surface area contributed by atoms with Crippen molar-refractivity contribution in [3.63, 3.8) is 0 Å². The van der Waals surface area contributed by atoms with Crippen LogP contribution in [0.5, 0.6) is 0 Å². The van der Waals surface area contributed by atoms with Crippen LogP contribution in [-0.4, -0.2) is 28.8 Å². The maximum absolute atomic E-state index is 12.0. The lowest BCUT2D eigenvalue weighted by molar-refractivity contribution is -0.125. The molecule has 0 aromatic carbocycles. The summed E-state index contributed by atoms with van der Waals surface area (Å²) in [5.41, 5.74) is 5.81. The smallest absolute Gasteiger partial charge is 0.224 e. The molecular weight excluding hydrogens is 240 g/mol. The first kappa shape index (κ1) is 15.7. The van der Waals surface area contributed by atoms with E-state index in [1.54, 1.807) is 6.20 Å². The van der Waals surface area contributed by atoms with E-state index in [2.05, 4.69) is 31.2 Å². The van der Waals surface area contributed by atoms with Crippen LogP contribution in [0.3, 0.4) is 0 Å². The number of hydrogen-bond donors (Lipinski definition) is 2. The number of nitrogens with one attached hydrogen (secondary N) is 1. The van der Waals surface area contributed by atoms with Gasteiger partial charge < -0.3 is 11.1 Å². The molecule has 3 N–H and O–H groups in total. The molecule has 108 valence electrons. The van der Waals surface area contributed by atoms with E-state index >= 15 is 0 Å². The molecule has 1 atom stereocenters. The quantitative estimate of drug-likeness (QED) is 0.733. The highest BCUT2D eigenvalue weighted by molar-refractivity contribution is 5.78. The zero-order valence-corrected chi connectivity index (χ0v) is 12.2. The summed E-state index contributed by atoms with van der Waals surface area (Å²) in [5, 5.41) is 7.08.